The molecule has 2 saturated carbocycles. The van der Waals surface area contributed by atoms with Crippen LogP contribution >= 0.6 is 0 Å². The number of fused-ring (bicyclic) bond motifs is 5. The van der Waals surface area contributed by atoms with Crippen LogP contribution in [0.2, 0.25) is 0 Å². The molecule has 0 aromatic carbocycles. The summed E-state index contributed by atoms with van der Waals surface area (Å²) < 4.78 is 0. The van der Waals surface area contributed by atoms with Crippen LogP contribution < -0.4 is 0 Å². The molecule has 23 heavy (non-hydrogen) atoms. The number of hydrogen-bond acceptors (Lipinski definition) is 2. The zero-order valence-corrected chi connectivity index (χ0v) is 13.5. The standard InChI is InChI=1S/C21H22O2/c1-3-10-21-12-8-15(22)13-14(21)4-5-16-17-6-7-19(23)20(17,2)11-9-18(16)21/h4-5,8,10,12-13,16-18H,1,6-7,9,11H2,2H3/t16-,17-,18-,20-,21?/m0/s1. The lowest BCUT2D eigenvalue weighted by atomic mass is 9.50. The summed E-state index contributed by atoms with van der Waals surface area (Å²) in [6, 6.07) is 0. The summed E-state index contributed by atoms with van der Waals surface area (Å²) in [4.78, 5) is 24.2. The molecule has 0 spiro atoms. The van der Waals surface area contributed by atoms with Crippen LogP contribution in [0.3, 0.4) is 0 Å². The number of carbonyl (C=O) groups excluding carboxylic acids is 2. The third-order valence-electron chi connectivity index (χ3n) is 6.82. The van der Waals surface area contributed by atoms with Crippen molar-refractivity contribution in [3.8, 4) is 0 Å². The Bertz CT molecular complexity index is 731. The molecule has 0 N–H and O–H groups in total. The Kier molecular flexibility index (Phi) is 3.05. The van der Waals surface area contributed by atoms with Crippen LogP contribution in [-0.4, -0.2) is 11.6 Å². The Labute approximate surface area is 137 Å². The second kappa shape index (κ2) is 4.79. The number of allylic oxidation sites excluding steroid dienone is 7. The molecule has 0 heterocycles. The molecule has 0 aliphatic heterocycles. The van der Waals surface area contributed by atoms with Crippen molar-refractivity contribution >= 4 is 11.6 Å². The van der Waals surface area contributed by atoms with Gasteiger partial charge in [-0.25, -0.2) is 0 Å². The van der Waals surface area contributed by atoms with Crippen molar-refractivity contribution in [1.29, 1.82) is 0 Å². The molecule has 0 radical (unpaired) electrons. The Morgan fingerprint density at radius 1 is 1.26 bits per heavy atom. The highest BCUT2D eigenvalue weighted by Gasteiger charge is 2.58. The van der Waals surface area contributed by atoms with Crippen molar-refractivity contribution in [1.82, 2.24) is 0 Å². The van der Waals surface area contributed by atoms with Crippen LogP contribution in [0.1, 0.15) is 32.6 Å². The molecular formula is C21H22O2. The lowest BCUT2D eigenvalue weighted by Crippen LogP contribution is -2.48. The predicted octanol–water partition coefficient (Wildman–Crippen LogP) is 3.96. The number of carbonyl (C=O) groups is 2. The van der Waals surface area contributed by atoms with Gasteiger partial charge in [0.05, 0.1) is 0 Å². The molecule has 0 aromatic rings. The fourth-order valence-electron chi connectivity index (χ4n) is 5.59. The minimum atomic E-state index is -0.276. The van der Waals surface area contributed by atoms with Gasteiger partial charge in [0, 0.05) is 17.3 Å². The minimum absolute atomic E-state index is 0.0490. The van der Waals surface area contributed by atoms with E-state index in [0.717, 1.165) is 31.3 Å². The van der Waals surface area contributed by atoms with Crippen LogP contribution in [-0.2, 0) is 9.59 Å². The van der Waals surface area contributed by atoms with Gasteiger partial charge in [0.25, 0.3) is 0 Å². The van der Waals surface area contributed by atoms with E-state index in [1.54, 1.807) is 12.2 Å². The number of hydrogen-bond donors (Lipinski definition) is 0. The van der Waals surface area contributed by atoms with E-state index >= 15 is 0 Å². The van der Waals surface area contributed by atoms with Crippen molar-refractivity contribution in [2.45, 2.75) is 32.6 Å². The van der Waals surface area contributed by atoms with Gasteiger partial charge < -0.3 is 0 Å². The SMILES string of the molecule is C=C=CC12C=CC(=O)C=C1C=C[C@@H]1[C@@H]2CC[C@]2(C)C(=O)CC[C@@H]12. The zero-order chi connectivity index (χ0) is 16.2. The highest BCUT2D eigenvalue weighted by molar-refractivity contribution is 6.02. The lowest BCUT2D eigenvalue weighted by Gasteiger charge is -2.53. The molecule has 2 heteroatoms. The molecular weight excluding hydrogens is 284 g/mol. The maximum atomic E-state index is 12.4. The van der Waals surface area contributed by atoms with Crippen molar-refractivity contribution in [2.75, 3.05) is 0 Å². The van der Waals surface area contributed by atoms with Crippen LogP contribution in [0.15, 0.2) is 54.3 Å². The first-order valence-corrected chi connectivity index (χ1v) is 8.55. The van der Waals surface area contributed by atoms with Gasteiger partial charge in [0.2, 0.25) is 0 Å². The van der Waals surface area contributed by atoms with Crippen LogP contribution in [0, 0.1) is 28.6 Å². The first kappa shape index (κ1) is 14.7. The lowest BCUT2D eigenvalue weighted by molar-refractivity contribution is -0.129. The largest absolute Gasteiger partial charge is 0.299 e. The molecule has 1 unspecified atom stereocenters. The highest BCUT2D eigenvalue weighted by atomic mass is 16.1. The number of rotatable bonds is 1. The number of ketones is 2. The average Bonchev–Trinajstić information content (AvgIpc) is 2.84. The molecule has 4 aliphatic rings. The normalized spacial score (nSPS) is 44.0. The fourth-order valence-corrected chi connectivity index (χ4v) is 5.59. The van der Waals surface area contributed by atoms with Gasteiger partial charge in [-0.3, -0.25) is 9.59 Å². The summed E-state index contributed by atoms with van der Waals surface area (Å²) in [5.41, 5.74) is 3.60. The monoisotopic (exact) mass is 306 g/mol. The Hall–Kier alpha value is -1.92. The maximum Gasteiger partial charge on any atom is 0.178 e. The first-order valence-electron chi connectivity index (χ1n) is 8.55. The summed E-state index contributed by atoms with van der Waals surface area (Å²) in [6.07, 6.45) is 15.5. The van der Waals surface area contributed by atoms with Crippen molar-refractivity contribution in [3.05, 3.63) is 54.3 Å². The van der Waals surface area contributed by atoms with E-state index < -0.39 is 0 Å². The molecule has 0 amide bonds. The molecule has 118 valence electrons. The molecule has 0 saturated heterocycles. The Morgan fingerprint density at radius 3 is 2.87 bits per heavy atom. The second-order valence-electron chi connectivity index (χ2n) is 7.68. The topological polar surface area (TPSA) is 34.1 Å². The van der Waals surface area contributed by atoms with E-state index in [1.165, 1.54) is 0 Å². The molecule has 2 fully saturated rings. The number of Topliss-reactive ketones (excluding diaryl/α,β-unsaturated/α-hetero) is 1. The van der Waals surface area contributed by atoms with E-state index in [2.05, 4.69) is 31.4 Å². The van der Waals surface area contributed by atoms with Gasteiger partial charge in [-0.2, -0.15) is 0 Å². The summed E-state index contributed by atoms with van der Waals surface area (Å²) in [6.45, 7) is 5.95. The third-order valence-corrected chi connectivity index (χ3v) is 6.82. The van der Waals surface area contributed by atoms with Crippen molar-refractivity contribution < 1.29 is 9.59 Å². The van der Waals surface area contributed by atoms with E-state index in [4.69, 9.17) is 0 Å². The molecule has 2 nitrogen and oxygen atoms in total. The van der Waals surface area contributed by atoms with Crippen LogP contribution in [0.5, 0.6) is 0 Å². The van der Waals surface area contributed by atoms with Gasteiger partial charge in [0.1, 0.15) is 5.78 Å². The smallest absolute Gasteiger partial charge is 0.178 e. The summed E-state index contributed by atoms with van der Waals surface area (Å²) >= 11 is 0. The fraction of sp³-hybridized carbons (Fsp3) is 0.476. The molecule has 0 aromatic heterocycles. The van der Waals surface area contributed by atoms with Crippen molar-refractivity contribution in [3.63, 3.8) is 0 Å². The van der Waals surface area contributed by atoms with E-state index in [-0.39, 0.29) is 16.6 Å². The van der Waals surface area contributed by atoms with Gasteiger partial charge in [-0.15, -0.1) is 5.73 Å². The average molecular weight is 306 g/mol. The van der Waals surface area contributed by atoms with Crippen molar-refractivity contribution in [2.24, 2.45) is 28.6 Å². The highest BCUT2D eigenvalue weighted by Crippen LogP contribution is 2.62. The summed E-state index contributed by atoms with van der Waals surface area (Å²) in [5.74, 6) is 1.69. The van der Waals surface area contributed by atoms with Crippen LogP contribution in [0.25, 0.3) is 0 Å². The molecule has 5 atom stereocenters. The Balaban J connectivity index is 1.84. The van der Waals surface area contributed by atoms with Gasteiger partial charge in [-0.1, -0.05) is 31.7 Å². The Morgan fingerprint density at radius 2 is 2.09 bits per heavy atom. The van der Waals surface area contributed by atoms with E-state index in [9.17, 15) is 9.59 Å². The molecule has 4 aliphatic carbocycles. The van der Waals surface area contributed by atoms with Crippen LogP contribution in [0.4, 0.5) is 0 Å². The third kappa shape index (κ3) is 1.82. The molecule has 0 bridgehead atoms. The van der Waals surface area contributed by atoms with E-state index in [1.807, 2.05) is 12.2 Å². The van der Waals surface area contributed by atoms with Gasteiger partial charge >= 0.3 is 0 Å². The summed E-state index contributed by atoms with van der Waals surface area (Å²) in [5, 5.41) is 0. The zero-order valence-electron chi connectivity index (χ0n) is 13.5. The van der Waals surface area contributed by atoms with E-state index in [0.29, 0.717) is 23.5 Å². The van der Waals surface area contributed by atoms with Gasteiger partial charge in [-0.05, 0) is 60.8 Å². The predicted molar refractivity (Wildman–Crippen MR) is 89.6 cm³/mol. The minimum Gasteiger partial charge on any atom is -0.299 e. The quantitative estimate of drug-likeness (QED) is 0.687. The second-order valence-corrected chi connectivity index (χ2v) is 7.68. The maximum absolute atomic E-state index is 12.4. The van der Waals surface area contributed by atoms with Gasteiger partial charge in [0.15, 0.2) is 5.78 Å². The summed E-state index contributed by atoms with van der Waals surface area (Å²) in [7, 11) is 0. The first-order chi connectivity index (χ1) is 11.0. The molecule has 4 rings (SSSR count).